The third-order valence-electron chi connectivity index (χ3n) is 4.29. The molecular weight excluding hydrogens is 338 g/mol. The molecule has 8 heteroatoms. The monoisotopic (exact) mass is 361 g/mol. The van der Waals surface area contributed by atoms with E-state index in [9.17, 15) is 4.79 Å². The molecule has 1 aliphatic carbocycles. The first-order chi connectivity index (χ1) is 12.3. The quantitative estimate of drug-likeness (QED) is 0.764. The fraction of sp³-hybridized carbons (Fsp3) is 0.529. The summed E-state index contributed by atoms with van der Waals surface area (Å²) in [5, 5.41) is 15.6. The molecule has 1 saturated carbocycles. The summed E-state index contributed by atoms with van der Waals surface area (Å²) >= 11 is 1.48. The van der Waals surface area contributed by atoms with E-state index in [2.05, 4.69) is 20.8 Å². The van der Waals surface area contributed by atoms with Gasteiger partial charge in [-0.15, -0.1) is 5.10 Å². The topological polar surface area (TPSA) is 81.9 Å². The van der Waals surface area contributed by atoms with E-state index in [1.807, 2.05) is 24.3 Å². The zero-order valence-electron chi connectivity index (χ0n) is 14.4. The average molecular weight is 361 g/mol. The fourth-order valence-corrected chi connectivity index (χ4v) is 3.76. The molecule has 134 valence electrons. The van der Waals surface area contributed by atoms with Crippen molar-refractivity contribution in [3.63, 3.8) is 0 Å². The van der Waals surface area contributed by atoms with Gasteiger partial charge in [0.05, 0.1) is 12.8 Å². The molecule has 0 radical (unpaired) electrons. The van der Waals surface area contributed by atoms with Gasteiger partial charge in [-0.2, -0.15) is 4.68 Å². The standard InChI is InChI=1S/C17H23N5O2S/c1-24-15-9-7-14(8-10-15)22-17(19-20-21-22)25-12-11-16(23)18-13-5-3-2-4-6-13/h7-10,13H,2-6,11-12H2,1H3,(H,18,23). The molecule has 25 heavy (non-hydrogen) atoms. The molecule has 1 N–H and O–H groups in total. The van der Waals surface area contributed by atoms with Gasteiger partial charge in [-0.25, -0.2) is 0 Å². The van der Waals surface area contributed by atoms with E-state index >= 15 is 0 Å². The molecule has 1 amide bonds. The normalized spacial score (nSPS) is 15.1. The van der Waals surface area contributed by atoms with Crippen LogP contribution >= 0.6 is 11.8 Å². The van der Waals surface area contributed by atoms with E-state index in [1.54, 1.807) is 11.8 Å². The van der Waals surface area contributed by atoms with E-state index in [0.717, 1.165) is 24.3 Å². The highest BCUT2D eigenvalue weighted by atomic mass is 32.2. The fourth-order valence-electron chi connectivity index (χ4n) is 2.94. The number of thioether (sulfide) groups is 1. The lowest BCUT2D eigenvalue weighted by molar-refractivity contribution is -0.121. The number of benzene rings is 1. The van der Waals surface area contributed by atoms with Gasteiger partial charge in [0.1, 0.15) is 5.75 Å². The summed E-state index contributed by atoms with van der Waals surface area (Å²) in [6.07, 6.45) is 6.41. The predicted octanol–water partition coefficient (Wildman–Crippen LogP) is 2.60. The zero-order chi connectivity index (χ0) is 17.5. The van der Waals surface area contributed by atoms with Gasteiger partial charge >= 0.3 is 0 Å². The molecule has 1 heterocycles. The number of carbonyl (C=O) groups is 1. The Morgan fingerprint density at radius 2 is 2.04 bits per heavy atom. The number of hydrogen-bond donors (Lipinski definition) is 1. The highest BCUT2D eigenvalue weighted by molar-refractivity contribution is 7.99. The Labute approximate surface area is 151 Å². The Bertz CT molecular complexity index is 683. The zero-order valence-corrected chi connectivity index (χ0v) is 15.2. The van der Waals surface area contributed by atoms with Gasteiger partial charge < -0.3 is 10.1 Å². The van der Waals surface area contributed by atoms with Crippen LogP contribution in [0.2, 0.25) is 0 Å². The number of carbonyl (C=O) groups excluding carboxylic acids is 1. The van der Waals surface area contributed by atoms with Gasteiger partial charge in [0, 0.05) is 18.2 Å². The summed E-state index contributed by atoms with van der Waals surface area (Å²) in [5.41, 5.74) is 0.861. The number of nitrogens with zero attached hydrogens (tertiary/aromatic N) is 4. The molecule has 0 unspecified atom stereocenters. The number of rotatable bonds is 7. The van der Waals surface area contributed by atoms with Crippen LogP contribution < -0.4 is 10.1 Å². The molecule has 0 bridgehead atoms. The molecule has 0 spiro atoms. The van der Waals surface area contributed by atoms with Crippen LogP contribution in [0.1, 0.15) is 38.5 Å². The number of methoxy groups -OCH3 is 1. The van der Waals surface area contributed by atoms with E-state index in [0.29, 0.717) is 23.4 Å². The van der Waals surface area contributed by atoms with Crippen molar-refractivity contribution in [1.29, 1.82) is 0 Å². The molecular formula is C17H23N5O2S. The van der Waals surface area contributed by atoms with E-state index in [1.165, 1.54) is 31.0 Å². The predicted molar refractivity (Wildman–Crippen MR) is 96.1 cm³/mol. The first-order valence-corrected chi connectivity index (χ1v) is 9.60. The number of tetrazole rings is 1. The van der Waals surface area contributed by atoms with Crippen LogP contribution in [0.3, 0.4) is 0 Å². The summed E-state index contributed by atoms with van der Waals surface area (Å²) in [6.45, 7) is 0. The summed E-state index contributed by atoms with van der Waals surface area (Å²) < 4.78 is 6.83. The number of amides is 1. The molecule has 0 saturated heterocycles. The molecule has 7 nitrogen and oxygen atoms in total. The van der Waals surface area contributed by atoms with Gasteiger partial charge in [-0.05, 0) is 47.5 Å². The van der Waals surface area contributed by atoms with E-state index in [4.69, 9.17) is 4.74 Å². The Hall–Kier alpha value is -2.09. The van der Waals surface area contributed by atoms with Crippen LogP contribution in [0.5, 0.6) is 5.75 Å². The Kier molecular flexibility index (Phi) is 6.27. The van der Waals surface area contributed by atoms with Crippen molar-refractivity contribution in [2.24, 2.45) is 0 Å². The number of aromatic nitrogens is 4. The molecule has 1 aromatic carbocycles. The summed E-state index contributed by atoms with van der Waals surface area (Å²) in [5.74, 6) is 1.54. The number of hydrogen-bond acceptors (Lipinski definition) is 6. The van der Waals surface area contributed by atoms with Crippen molar-refractivity contribution < 1.29 is 9.53 Å². The third-order valence-corrected chi connectivity index (χ3v) is 5.21. The van der Waals surface area contributed by atoms with Crippen LogP contribution in [-0.2, 0) is 4.79 Å². The maximum absolute atomic E-state index is 12.1. The van der Waals surface area contributed by atoms with Crippen molar-refractivity contribution in [3.05, 3.63) is 24.3 Å². The van der Waals surface area contributed by atoms with Gasteiger partial charge in [0.25, 0.3) is 0 Å². The highest BCUT2D eigenvalue weighted by Crippen LogP contribution is 2.21. The minimum Gasteiger partial charge on any atom is -0.497 e. The Morgan fingerprint density at radius 3 is 2.76 bits per heavy atom. The molecule has 0 atom stereocenters. The SMILES string of the molecule is COc1ccc(-n2nnnc2SCCC(=O)NC2CCCCC2)cc1. The summed E-state index contributed by atoms with van der Waals surface area (Å²) in [7, 11) is 1.63. The van der Waals surface area contributed by atoms with Crippen LogP contribution in [0, 0.1) is 0 Å². The summed E-state index contributed by atoms with van der Waals surface area (Å²) in [6, 6.07) is 7.88. The Morgan fingerprint density at radius 1 is 1.28 bits per heavy atom. The molecule has 2 aromatic rings. The average Bonchev–Trinajstić information content (AvgIpc) is 3.11. The van der Waals surface area contributed by atoms with E-state index < -0.39 is 0 Å². The van der Waals surface area contributed by atoms with Gasteiger partial charge in [-0.1, -0.05) is 31.0 Å². The van der Waals surface area contributed by atoms with Crippen molar-refractivity contribution in [2.45, 2.75) is 49.7 Å². The first-order valence-electron chi connectivity index (χ1n) is 8.61. The van der Waals surface area contributed by atoms with Crippen LogP contribution in [-0.4, -0.2) is 45.0 Å². The van der Waals surface area contributed by atoms with Crippen LogP contribution in [0.4, 0.5) is 0 Å². The third kappa shape index (κ3) is 4.94. The van der Waals surface area contributed by atoms with Crippen LogP contribution in [0.25, 0.3) is 5.69 Å². The van der Waals surface area contributed by atoms with Gasteiger partial charge in [0.15, 0.2) is 0 Å². The van der Waals surface area contributed by atoms with Crippen molar-refractivity contribution in [2.75, 3.05) is 12.9 Å². The minimum absolute atomic E-state index is 0.114. The van der Waals surface area contributed by atoms with Crippen LogP contribution in [0.15, 0.2) is 29.4 Å². The summed E-state index contributed by atoms with van der Waals surface area (Å²) in [4.78, 5) is 12.1. The lowest BCUT2D eigenvalue weighted by Crippen LogP contribution is -2.36. The molecule has 3 rings (SSSR count). The molecule has 1 fully saturated rings. The first kappa shape index (κ1) is 17.7. The second-order valence-corrected chi connectivity index (χ2v) is 7.13. The van der Waals surface area contributed by atoms with Gasteiger partial charge in [0.2, 0.25) is 11.1 Å². The van der Waals surface area contributed by atoms with Crippen molar-refractivity contribution in [3.8, 4) is 11.4 Å². The largest absolute Gasteiger partial charge is 0.497 e. The number of ether oxygens (including phenoxy) is 1. The second-order valence-electron chi connectivity index (χ2n) is 6.07. The van der Waals surface area contributed by atoms with Crippen molar-refractivity contribution >= 4 is 17.7 Å². The lowest BCUT2D eigenvalue weighted by Gasteiger charge is -2.22. The molecule has 1 aromatic heterocycles. The second kappa shape index (κ2) is 8.84. The van der Waals surface area contributed by atoms with Crippen molar-refractivity contribution in [1.82, 2.24) is 25.5 Å². The lowest BCUT2D eigenvalue weighted by atomic mass is 9.95. The highest BCUT2D eigenvalue weighted by Gasteiger charge is 2.16. The Balaban J connectivity index is 1.50. The van der Waals surface area contributed by atoms with Gasteiger partial charge in [-0.3, -0.25) is 4.79 Å². The smallest absolute Gasteiger partial charge is 0.221 e. The maximum Gasteiger partial charge on any atom is 0.221 e. The molecule has 1 aliphatic rings. The van der Waals surface area contributed by atoms with E-state index in [-0.39, 0.29) is 5.91 Å². The number of nitrogens with one attached hydrogen (secondary N) is 1. The minimum atomic E-state index is 0.114. The molecule has 0 aliphatic heterocycles. The maximum atomic E-state index is 12.1.